The minimum atomic E-state index is -1.12. The van der Waals surface area contributed by atoms with Crippen molar-refractivity contribution < 1.29 is 14.7 Å². The minimum absolute atomic E-state index is 0.0824. The zero-order valence-corrected chi connectivity index (χ0v) is 12.1. The lowest BCUT2D eigenvalue weighted by Gasteiger charge is -2.13. The van der Waals surface area contributed by atoms with Crippen LogP contribution < -0.4 is 5.32 Å². The molecular weight excluding hydrogens is 270 g/mol. The van der Waals surface area contributed by atoms with Gasteiger partial charge in [0.1, 0.15) is 6.04 Å². The van der Waals surface area contributed by atoms with Gasteiger partial charge in [0.25, 0.3) is 0 Å². The topological polar surface area (TPSA) is 84.2 Å². The molecule has 0 aliphatic carbocycles. The number of aromatic nitrogens is 2. The van der Waals surface area contributed by atoms with Crippen LogP contribution in [-0.4, -0.2) is 26.8 Å². The average Bonchev–Trinajstić information content (AvgIpc) is 2.86. The van der Waals surface area contributed by atoms with Crippen LogP contribution in [0.3, 0.4) is 0 Å². The normalized spacial score (nSPS) is 12.0. The van der Waals surface area contributed by atoms with E-state index in [1.807, 2.05) is 32.0 Å². The molecule has 0 saturated carbocycles. The summed E-state index contributed by atoms with van der Waals surface area (Å²) in [6.07, 6.45) is 1.48. The predicted molar refractivity (Wildman–Crippen MR) is 78.4 cm³/mol. The first-order valence-electron chi connectivity index (χ1n) is 6.54. The number of benzene rings is 1. The van der Waals surface area contributed by atoms with Gasteiger partial charge in [-0.05, 0) is 50.1 Å². The van der Waals surface area contributed by atoms with Gasteiger partial charge < -0.3 is 10.4 Å². The lowest BCUT2D eigenvalue weighted by molar-refractivity contribution is -0.119. The molecule has 0 radical (unpaired) electrons. The number of carboxylic acids is 1. The van der Waals surface area contributed by atoms with Gasteiger partial charge >= 0.3 is 5.97 Å². The maximum Gasteiger partial charge on any atom is 0.356 e. The Hall–Kier alpha value is -2.63. The highest BCUT2D eigenvalue weighted by atomic mass is 16.4. The number of rotatable bonds is 4. The Labute approximate surface area is 122 Å². The Morgan fingerprint density at radius 2 is 1.86 bits per heavy atom. The van der Waals surface area contributed by atoms with E-state index in [4.69, 9.17) is 5.11 Å². The van der Waals surface area contributed by atoms with Crippen molar-refractivity contribution in [3.63, 3.8) is 0 Å². The second-order valence-electron chi connectivity index (χ2n) is 5.03. The molecule has 1 aromatic heterocycles. The van der Waals surface area contributed by atoms with Crippen LogP contribution in [-0.2, 0) is 4.79 Å². The zero-order valence-electron chi connectivity index (χ0n) is 12.1. The second kappa shape index (κ2) is 5.78. The molecule has 0 bridgehead atoms. The number of hydrogen-bond donors (Lipinski definition) is 2. The van der Waals surface area contributed by atoms with Gasteiger partial charge in [0.2, 0.25) is 5.91 Å². The van der Waals surface area contributed by atoms with Gasteiger partial charge in [-0.25, -0.2) is 4.79 Å². The van der Waals surface area contributed by atoms with Gasteiger partial charge in [-0.2, -0.15) is 5.10 Å². The molecule has 0 aliphatic heterocycles. The molecule has 21 heavy (non-hydrogen) atoms. The fraction of sp³-hybridized carbons (Fsp3) is 0.267. The first-order valence-corrected chi connectivity index (χ1v) is 6.54. The Bertz CT molecular complexity index is 671. The molecule has 0 spiro atoms. The summed E-state index contributed by atoms with van der Waals surface area (Å²) >= 11 is 0. The number of carbonyl (C=O) groups is 2. The summed E-state index contributed by atoms with van der Waals surface area (Å²) in [4.78, 5) is 23.0. The predicted octanol–water partition coefficient (Wildman–Crippen LogP) is 2.40. The van der Waals surface area contributed by atoms with Crippen LogP contribution >= 0.6 is 0 Å². The number of nitrogens with one attached hydrogen (secondary N) is 1. The van der Waals surface area contributed by atoms with E-state index in [1.54, 1.807) is 6.92 Å². The Morgan fingerprint density at radius 1 is 1.24 bits per heavy atom. The highest BCUT2D eigenvalue weighted by Crippen LogP contribution is 2.16. The largest absolute Gasteiger partial charge is 0.476 e. The maximum atomic E-state index is 12.2. The number of anilines is 1. The summed E-state index contributed by atoms with van der Waals surface area (Å²) < 4.78 is 1.33. The summed E-state index contributed by atoms with van der Waals surface area (Å²) in [5, 5.41) is 15.5. The Morgan fingerprint density at radius 3 is 2.38 bits per heavy atom. The Kier molecular flexibility index (Phi) is 4.07. The van der Waals surface area contributed by atoms with Gasteiger partial charge in [-0.3, -0.25) is 9.48 Å². The SMILES string of the molecule is Cc1cc(C)cc(NC(=O)C(C)n2ccc(C(=O)O)n2)c1. The summed E-state index contributed by atoms with van der Waals surface area (Å²) in [6.45, 7) is 5.58. The van der Waals surface area contributed by atoms with Gasteiger partial charge in [0.15, 0.2) is 5.69 Å². The third-order valence-electron chi connectivity index (χ3n) is 3.09. The van der Waals surface area contributed by atoms with Crippen LogP contribution in [0.15, 0.2) is 30.5 Å². The van der Waals surface area contributed by atoms with E-state index in [0.29, 0.717) is 0 Å². The van der Waals surface area contributed by atoms with Crippen LogP contribution in [0.1, 0.15) is 34.6 Å². The highest BCUT2D eigenvalue weighted by molar-refractivity contribution is 5.93. The fourth-order valence-corrected chi connectivity index (χ4v) is 2.08. The van der Waals surface area contributed by atoms with Gasteiger partial charge in [0.05, 0.1) is 0 Å². The Balaban J connectivity index is 2.13. The number of hydrogen-bond acceptors (Lipinski definition) is 3. The van der Waals surface area contributed by atoms with E-state index in [-0.39, 0.29) is 11.6 Å². The number of amides is 1. The molecule has 6 nitrogen and oxygen atoms in total. The van der Waals surface area contributed by atoms with Gasteiger partial charge in [-0.15, -0.1) is 0 Å². The maximum absolute atomic E-state index is 12.2. The van der Waals surface area contributed by atoms with Crippen molar-refractivity contribution in [3.8, 4) is 0 Å². The van der Waals surface area contributed by atoms with E-state index in [0.717, 1.165) is 16.8 Å². The molecule has 1 unspecified atom stereocenters. The first kappa shape index (κ1) is 14.8. The second-order valence-corrected chi connectivity index (χ2v) is 5.03. The van der Waals surface area contributed by atoms with E-state index < -0.39 is 12.0 Å². The van der Waals surface area contributed by atoms with Crippen molar-refractivity contribution in [2.75, 3.05) is 5.32 Å². The highest BCUT2D eigenvalue weighted by Gasteiger charge is 2.18. The van der Waals surface area contributed by atoms with E-state index in [2.05, 4.69) is 10.4 Å². The first-order chi connectivity index (χ1) is 9.86. The van der Waals surface area contributed by atoms with E-state index in [1.165, 1.54) is 16.9 Å². The van der Waals surface area contributed by atoms with Crippen LogP contribution in [0.25, 0.3) is 0 Å². The van der Waals surface area contributed by atoms with Crippen molar-refractivity contribution >= 4 is 17.6 Å². The third-order valence-corrected chi connectivity index (χ3v) is 3.09. The molecule has 1 atom stereocenters. The van der Waals surface area contributed by atoms with Crippen molar-refractivity contribution in [1.82, 2.24) is 9.78 Å². The number of aromatic carboxylic acids is 1. The number of nitrogens with zero attached hydrogens (tertiary/aromatic N) is 2. The molecule has 1 amide bonds. The smallest absolute Gasteiger partial charge is 0.356 e. The summed E-state index contributed by atoms with van der Waals surface area (Å²) in [5.41, 5.74) is 2.76. The molecule has 0 fully saturated rings. The monoisotopic (exact) mass is 287 g/mol. The lowest BCUT2D eigenvalue weighted by atomic mass is 10.1. The summed E-state index contributed by atoms with van der Waals surface area (Å²) in [7, 11) is 0. The molecule has 1 heterocycles. The summed E-state index contributed by atoms with van der Waals surface area (Å²) in [5.74, 6) is -1.37. The van der Waals surface area contributed by atoms with Crippen LogP contribution in [0.2, 0.25) is 0 Å². The van der Waals surface area contributed by atoms with Gasteiger partial charge in [0, 0.05) is 11.9 Å². The van der Waals surface area contributed by atoms with Gasteiger partial charge in [-0.1, -0.05) is 6.07 Å². The third kappa shape index (κ3) is 3.47. The van der Waals surface area contributed by atoms with E-state index in [9.17, 15) is 9.59 Å². The average molecular weight is 287 g/mol. The standard InChI is InChI=1S/C15H17N3O3/c1-9-6-10(2)8-12(7-9)16-14(19)11(3)18-5-4-13(17-18)15(20)21/h4-8,11H,1-3H3,(H,16,19)(H,20,21). The summed E-state index contributed by atoms with van der Waals surface area (Å²) in [6, 6.07) is 6.54. The van der Waals surface area contributed by atoms with Crippen molar-refractivity contribution in [2.24, 2.45) is 0 Å². The number of carbonyl (C=O) groups excluding carboxylic acids is 1. The quantitative estimate of drug-likeness (QED) is 0.904. The molecule has 0 aliphatic rings. The van der Waals surface area contributed by atoms with Crippen molar-refractivity contribution in [3.05, 3.63) is 47.3 Å². The van der Waals surface area contributed by atoms with Crippen LogP contribution in [0.4, 0.5) is 5.69 Å². The number of carboxylic acid groups (broad SMARTS) is 1. The van der Waals surface area contributed by atoms with E-state index >= 15 is 0 Å². The zero-order chi connectivity index (χ0) is 15.6. The molecule has 2 aromatic rings. The van der Waals surface area contributed by atoms with Crippen molar-refractivity contribution in [1.29, 1.82) is 0 Å². The van der Waals surface area contributed by atoms with Crippen molar-refractivity contribution in [2.45, 2.75) is 26.8 Å². The molecule has 1 aromatic carbocycles. The molecular formula is C15H17N3O3. The van der Waals surface area contributed by atoms with Crippen LogP contribution in [0.5, 0.6) is 0 Å². The molecule has 0 saturated heterocycles. The molecule has 6 heteroatoms. The molecule has 110 valence electrons. The molecule has 2 N–H and O–H groups in total. The molecule has 2 rings (SSSR count). The number of aryl methyl sites for hydroxylation is 2. The lowest BCUT2D eigenvalue weighted by Crippen LogP contribution is -2.24. The fourth-order valence-electron chi connectivity index (χ4n) is 2.08. The van der Waals surface area contributed by atoms with Crippen LogP contribution in [0, 0.1) is 13.8 Å². The minimum Gasteiger partial charge on any atom is -0.476 e.